The quantitative estimate of drug-likeness (QED) is 0.848. The molecule has 0 bridgehead atoms. The van der Waals surface area contributed by atoms with E-state index in [2.05, 4.69) is 0 Å². The van der Waals surface area contributed by atoms with E-state index in [4.69, 9.17) is 15.2 Å². The first-order chi connectivity index (χ1) is 9.73. The highest BCUT2D eigenvalue weighted by Gasteiger charge is 2.22. The predicted molar refractivity (Wildman–Crippen MR) is 84.1 cm³/mol. The third-order valence-electron chi connectivity index (χ3n) is 2.88. The van der Waals surface area contributed by atoms with Crippen LogP contribution in [-0.2, 0) is 16.0 Å². The number of rotatable bonds is 5. The summed E-state index contributed by atoms with van der Waals surface area (Å²) < 4.78 is 10.5. The van der Waals surface area contributed by atoms with Gasteiger partial charge in [-0.15, -0.1) is 0 Å². The summed E-state index contributed by atoms with van der Waals surface area (Å²) in [7, 11) is 1.60. The molecule has 0 unspecified atom stereocenters. The molecule has 0 radical (unpaired) electrons. The lowest BCUT2D eigenvalue weighted by molar-refractivity contribution is 0.0184. The van der Waals surface area contributed by atoms with Crippen LogP contribution in [-0.4, -0.2) is 36.9 Å². The highest BCUT2D eigenvalue weighted by Crippen LogP contribution is 2.18. The molecule has 1 aromatic rings. The molecule has 0 aliphatic carbocycles. The van der Waals surface area contributed by atoms with Gasteiger partial charge in [0.2, 0.25) is 0 Å². The second kappa shape index (κ2) is 7.31. The Hall–Kier alpha value is -1.75. The summed E-state index contributed by atoms with van der Waals surface area (Å²) >= 11 is 0. The molecular weight excluding hydrogens is 268 g/mol. The number of nitrogens with zero attached hydrogens (tertiary/aromatic N) is 1. The van der Waals surface area contributed by atoms with Gasteiger partial charge in [-0.1, -0.05) is 12.1 Å². The summed E-state index contributed by atoms with van der Waals surface area (Å²) in [5.41, 5.74) is 8.17. The molecule has 5 heteroatoms. The smallest absolute Gasteiger partial charge is 0.410 e. The number of amides is 1. The minimum atomic E-state index is -0.527. The molecule has 21 heavy (non-hydrogen) atoms. The van der Waals surface area contributed by atoms with E-state index in [9.17, 15) is 4.79 Å². The van der Waals surface area contributed by atoms with Crippen LogP contribution in [0.5, 0.6) is 0 Å². The molecule has 0 aliphatic heterocycles. The van der Waals surface area contributed by atoms with Crippen molar-refractivity contribution in [3.05, 3.63) is 29.3 Å². The summed E-state index contributed by atoms with van der Waals surface area (Å²) in [5, 5.41) is 0. The van der Waals surface area contributed by atoms with E-state index in [1.54, 1.807) is 12.0 Å². The van der Waals surface area contributed by atoms with Crippen LogP contribution in [0.2, 0.25) is 0 Å². The van der Waals surface area contributed by atoms with Crippen LogP contribution in [0.15, 0.2) is 18.2 Å². The van der Waals surface area contributed by atoms with Crippen LogP contribution >= 0.6 is 0 Å². The Morgan fingerprint density at radius 3 is 2.52 bits per heavy atom. The fraction of sp³-hybridized carbons (Fsp3) is 0.562. The van der Waals surface area contributed by atoms with Gasteiger partial charge in [0.1, 0.15) is 5.60 Å². The Morgan fingerprint density at radius 1 is 1.33 bits per heavy atom. The number of aryl methyl sites for hydroxylation is 1. The number of carbonyl (C=O) groups excluding carboxylic acids is 1. The van der Waals surface area contributed by atoms with E-state index in [1.807, 2.05) is 45.9 Å². The monoisotopic (exact) mass is 294 g/mol. The SMILES string of the molecule is COCCN(Cc1ccc(C)cc1N)C(=O)OC(C)(C)C. The van der Waals surface area contributed by atoms with Gasteiger partial charge in [0.15, 0.2) is 0 Å². The van der Waals surface area contributed by atoms with Gasteiger partial charge in [0.05, 0.1) is 13.2 Å². The second-order valence-electron chi connectivity index (χ2n) is 6.10. The minimum Gasteiger partial charge on any atom is -0.444 e. The Morgan fingerprint density at radius 2 is 2.00 bits per heavy atom. The van der Waals surface area contributed by atoms with Crippen LogP contribution in [0, 0.1) is 6.92 Å². The molecule has 1 aromatic carbocycles. The average molecular weight is 294 g/mol. The molecule has 0 saturated carbocycles. The third kappa shape index (κ3) is 6.04. The number of ether oxygens (including phenoxy) is 2. The number of hydrogen-bond acceptors (Lipinski definition) is 4. The van der Waals surface area contributed by atoms with Crippen molar-refractivity contribution in [2.45, 2.75) is 39.8 Å². The number of methoxy groups -OCH3 is 1. The van der Waals surface area contributed by atoms with Gasteiger partial charge < -0.3 is 20.1 Å². The van der Waals surface area contributed by atoms with E-state index in [1.165, 1.54) is 0 Å². The normalized spacial score (nSPS) is 11.3. The van der Waals surface area contributed by atoms with E-state index >= 15 is 0 Å². The molecule has 1 rings (SSSR count). The Balaban J connectivity index is 2.84. The van der Waals surface area contributed by atoms with Gasteiger partial charge in [-0.3, -0.25) is 0 Å². The van der Waals surface area contributed by atoms with Crippen LogP contribution in [0.4, 0.5) is 10.5 Å². The van der Waals surface area contributed by atoms with Crippen LogP contribution in [0.3, 0.4) is 0 Å². The summed E-state index contributed by atoms with van der Waals surface area (Å²) in [5.74, 6) is 0. The zero-order valence-electron chi connectivity index (χ0n) is 13.6. The van der Waals surface area contributed by atoms with E-state index < -0.39 is 5.60 Å². The standard InChI is InChI=1S/C16H26N2O3/c1-12-6-7-13(14(17)10-12)11-18(8-9-20-5)15(19)21-16(2,3)4/h6-7,10H,8-9,11,17H2,1-5H3. The molecule has 0 spiro atoms. The lowest BCUT2D eigenvalue weighted by Crippen LogP contribution is -2.38. The number of benzene rings is 1. The summed E-state index contributed by atoms with van der Waals surface area (Å²) in [6.07, 6.45) is -0.362. The Bertz CT molecular complexity index is 481. The molecule has 5 nitrogen and oxygen atoms in total. The maximum absolute atomic E-state index is 12.3. The van der Waals surface area contributed by atoms with Crippen molar-refractivity contribution in [1.82, 2.24) is 4.90 Å². The molecule has 0 aromatic heterocycles. The summed E-state index contributed by atoms with van der Waals surface area (Å²) in [6, 6.07) is 5.82. The van der Waals surface area contributed by atoms with Crippen LogP contribution in [0.1, 0.15) is 31.9 Å². The number of anilines is 1. The molecule has 1 amide bonds. The molecule has 0 fully saturated rings. The molecule has 0 saturated heterocycles. The number of carbonyl (C=O) groups is 1. The number of hydrogen-bond donors (Lipinski definition) is 1. The van der Waals surface area contributed by atoms with Crippen molar-refractivity contribution in [1.29, 1.82) is 0 Å². The van der Waals surface area contributed by atoms with Crippen LogP contribution in [0.25, 0.3) is 0 Å². The van der Waals surface area contributed by atoms with Gasteiger partial charge in [-0.25, -0.2) is 4.79 Å². The fourth-order valence-electron chi connectivity index (χ4n) is 1.83. The zero-order valence-corrected chi connectivity index (χ0v) is 13.6. The van der Waals surface area contributed by atoms with Gasteiger partial charge in [-0.05, 0) is 44.9 Å². The topological polar surface area (TPSA) is 64.8 Å². The number of nitrogen functional groups attached to an aromatic ring is 1. The lowest BCUT2D eigenvalue weighted by Gasteiger charge is -2.27. The Kier molecular flexibility index (Phi) is 6.03. The maximum Gasteiger partial charge on any atom is 0.410 e. The maximum atomic E-state index is 12.3. The van der Waals surface area contributed by atoms with E-state index in [-0.39, 0.29) is 6.09 Å². The number of nitrogens with two attached hydrogens (primary N) is 1. The largest absolute Gasteiger partial charge is 0.444 e. The highest BCUT2D eigenvalue weighted by molar-refractivity contribution is 5.68. The van der Waals surface area contributed by atoms with E-state index in [0.29, 0.717) is 25.4 Å². The van der Waals surface area contributed by atoms with Gasteiger partial charge >= 0.3 is 6.09 Å². The summed E-state index contributed by atoms with van der Waals surface area (Å²) in [6.45, 7) is 8.84. The van der Waals surface area contributed by atoms with Gasteiger partial charge in [0.25, 0.3) is 0 Å². The van der Waals surface area contributed by atoms with Crippen molar-refractivity contribution in [3.63, 3.8) is 0 Å². The average Bonchev–Trinajstić information content (AvgIpc) is 2.34. The molecule has 2 N–H and O–H groups in total. The first-order valence-electron chi connectivity index (χ1n) is 7.05. The molecule has 0 heterocycles. The van der Waals surface area contributed by atoms with Crippen LogP contribution < -0.4 is 5.73 Å². The van der Waals surface area contributed by atoms with Crippen molar-refractivity contribution < 1.29 is 14.3 Å². The van der Waals surface area contributed by atoms with E-state index in [0.717, 1.165) is 11.1 Å². The summed E-state index contributed by atoms with van der Waals surface area (Å²) in [4.78, 5) is 13.9. The first kappa shape index (κ1) is 17.3. The molecular formula is C16H26N2O3. The highest BCUT2D eigenvalue weighted by atomic mass is 16.6. The Labute approximate surface area is 127 Å². The third-order valence-corrected chi connectivity index (χ3v) is 2.88. The van der Waals surface area contributed by atoms with Crippen molar-refractivity contribution in [2.75, 3.05) is 26.0 Å². The molecule has 118 valence electrons. The first-order valence-corrected chi connectivity index (χ1v) is 7.05. The van der Waals surface area contributed by atoms with Crippen molar-refractivity contribution >= 4 is 11.8 Å². The minimum absolute atomic E-state index is 0.362. The fourth-order valence-corrected chi connectivity index (χ4v) is 1.83. The van der Waals surface area contributed by atoms with Crippen molar-refractivity contribution in [3.8, 4) is 0 Å². The van der Waals surface area contributed by atoms with Gasteiger partial charge in [-0.2, -0.15) is 0 Å². The predicted octanol–water partition coefficient (Wildman–Crippen LogP) is 2.96. The van der Waals surface area contributed by atoms with Crippen molar-refractivity contribution in [2.24, 2.45) is 0 Å². The van der Waals surface area contributed by atoms with Gasteiger partial charge in [0, 0.05) is 19.3 Å². The molecule has 0 atom stereocenters. The second-order valence-corrected chi connectivity index (χ2v) is 6.10. The lowest BCUT2D eigenvalue weighted by atomic mass is 10.1. The zero-order chi connectivity index (χ0) is 16.0. The molecule has 0 aliphatic rings.